The Hall–Kier alpha value is -2.70. The van der Waals surface area contributed by atoms with Gasteiger partial charge in [0.15, 0.2) is 0 Å². The van der Waals surface area contributed by atoms with E-state index in [9.17, 15) is 4.79 Å². The Morgan fingerprint density at radius 2 is 1.96 bits per heavy atom. The fourth-order valence-corrected chi connectivity index (χ4v) is 3.52. The van der Waals surface area contributed by atoms with Crippen molar-refractivity contribution < 1.29 is 0 Å². The molecule has 0 amide bonds. The summed E-state index contributed by atoms with van der Waals surface area (Å²) in [6.07, 6.45) is 2.65. The number of fused-ring (bicyclic) bond motifs is 1. The molecule has 2 aromatic heterocycles. The van der Waals surface area contributed by atoms with Gasteiger partial charge in [-0.3, -0.25) is 9.69 Å². The van der Waals surface area contributed by atoms with Gasteiger partial charge in [0.2, 0.25) is 0 Å². The van der Waals surface area contributed by atoms with Crippen molar-refractivity contribution in [2.24, 2.45) is 0 Å². The van der Waals surface area contributed by atoms with Crippen LogP contribution >= 0.6 is 11.6 Å². The van der Waals surface area contributed by atoms with Gasteiger partial charge >= 0.3 is 0 Å². The first-order valence-corrected chi connectivity index (χ1v) is 9.60. The Bertz CT molecular complexity index is 1030. The lowest BCUT2D eigenvalue weighted by Gasteiger charge is -2.27. The molecule has 3 aromatic rings. The maximum absolute atomic E-state index is 12.7. The van der Waals surface area contributed by atoms with Crippen LogP contribution in [0.15, 0.2) is 47.4 Å². The quantitative estimate of drug-likeness (QED) is 0.735. The van der Waals surface area contributed by atoms with Gasteiger partial charge < -0.3 is 9.88 Å². The number of benzene rings is 1. The average Bonchev–Trinajstić information content (AvgIpc) is 2.69. The van der Waals surface area contributed by atoms with Crippen LogP contribution in [0.3, 0.4) is 0 Å². The fraction of sp³-hybridized carbons (Fsp3) is 0.286. The van der Waals surface area contributed by atoms with Crippen LogP contribution < -0.4 is 10.5 Å². The van der Waals surface area contributed by atoms with E-state index in [1.807, 2.05) is 43.4 Å². The number of nitrogens with one attached hydrogen (secondary N) is 1. The van der Waals surface area contributed by atoms with Crippen molar-refractivity contribution in [2.75, 3.05) is 25.5 Å². The van der Waals surface area contributed by atoms with Crippen LogP contribution in [0.1, 0.15) is 16.8 Å². The van der Waals surface area contributed by atoms with Crippen molar-refractivity contribution in [1.82, 2.24) is 19.9 Å². The molecule has 1 aliphatic heterocycles. The number of hydrogen-bond acceptors (Lipinski definition) is 5. The van der Waals surface area contributed by atoms with Crippen molar-refractivity contribution >= 4 is 17.4 Å². The second-order valence-corrected chi connectivity index (χ2v) is 7.66. The summed E-state index contributed by atoms with van der Waals surface area (Å²) < 4.78 is 0. The second-order valence-electron chi connectivity index (χ2n) is 7.23. The number of hydrogen-bond donors (Lipinski definition) is 1. The summed E-state index contributed by atoms with van der Waals surface area (Å²) in [6, 6.07) is 11.4. The molecule has 0 bridgehead atoms. The third-order valence-corrected chi connectivity index (χ3v) is 5.19. The Balaban J connectivity index is 1.52. The molecule has 0 aliphatic carbocycles. The van der Waals surface area contributed by atoms with E-state index >= 15 is 0 Å². The van der Waals surface area contributed by atoms with Crippen molar-refractivity contribution in [3.63, 3.8) is 0 Å². The highest BCUT2D eigenvalue weighted by atomic mass is 35.5. The van der Waals surface area contributed by atoms with Crippen LogP contribution in [0, 0.1) is 0 Å². The number of pyridine rings is 1. The standard InChI is InChI=1S/C21H22ClN5O/c1-26(2)19-8-3-14(11-23-19)12-27-10-9-18-17(13-27)21(28)25-20(24-18)15-4-6-16(22)7-5-15/h3-8,11H,9-10,12-13H2,1-2H3,(H,24,25,28). The molecule has 4 rings (SSSR count). The van der Waals surface area contributed by atoms with Gasteiger partial charge in [-0.2, -0.15) is 0 Å². The SMILES string of the molecule is CN(C)c1ccc(CN2CCc3nc(-c4ccc(Cl)cc4)[nH]c(=O)c3C2)cn1. The van der Waals surface area contributed by atoms with Crippen LogP contribution in [-0.2, 0) is 19.5 Å². The normalized spacial score (nSPS) is 14.0. The van der Waals surface area contributed by atoms with Crippen LogP contribution in [0.2, 0.25) is 5.02 Å². The molecule has 0 atom stereocenters. The molecule has 7 heteroatoms. The van der Waals surface area contributed by atoms with Crippen LogP contribution in [-0.4, -0.2) is 40.5 Å². The van der Waals surface area contributed by atoms with Gasteiger partial charge in [-0.1, -0.05) is 17.7 Å². The Morgan fingerprint density at radius 3 is 2.64 bits per heavy atom. The van der Waals surface area contributed by atoms with Crippen molar-refractivity contribution in [1.29, 1.82) is 0 Å². The first-order chi connectivity index (χ1) is 13.5. The second kappa shape index (κ2) is 7.73. The zero-order valence-corrected chi connectivity index (χ0v) is 16.7. The minimum absolute atomic E-state index is 0.0688. The largest absolute Gasteiger partial charge is 0.363 e. The molecule has 0 saturated carbocycles. The molecule has 3 heterocycles. The van der Waals surface area contributed by atoms with Crippen LogP contribution in [0.4, 0.5) is 5.82 Å². The zero-order valence-electron chi connectivity index (χ0n) is 15.9. The first-order valence-electron chi connectivity index (χ1n) is 9.22. The lowest BCUT2D eigenvalue weighted by molar-refractivity contribution is 0.241. The van der Waals surface area contributed by atoms with E-state index in [4.69, 9.17) is 16.6 Å². The van der Waals surface area contributed by atoms with E-state index in [2.05, 4.69) is 20.9 Å². The van der Waals surface area contributed by atoms with E-state index in [1.165, 1.54) is 0 Å². The summed E-state index contributed by atoms with van der Waals surface area (Å²) in [7, 11) is 3.95. The zero-order chi connectivity index (χ0) is 19.7. The van der Waals surface area contributed by atoms with Crippen molar-refractivity contribution in [2.45, 2.75) is 19.5 Å². The maximum atomic E-state index is 12.7. The van der Waals surface area contributed by atoms with Gasteiger partial charge in [0.05, 0.1) is 11.3 Å². The van der Waals surface area contributed by atoms with Gasteiger partial charge in [0.1, 0.15) is 11.6 Å². The predicted molar refractivity (Wildman–Crippen MR) is 112 cm³/mol. The summed E-state index contributed by atoms with van der Waals surface area (Å²) in [6.45, 7) is 2.21. The molecule has 144 valence electrons. The average molecular weight is 396 g/mol. The molecule has 0 spiro atoms. The smallest absolute Gasteiger partial charge is 0.255 e. The molecule has 0 unspecified atom stereocenters. The molecular weight excluding hydrogens is 374 g/mol. The molecule has 1 N–H and O–H groups in total. The van der Waals surface area contributed by atoms with E-state index in [1.54, 1.807) is 12.1 Å². The molecule has 1 aliphatic rings. The summed E-state index contributed by atoms with van der Waals surface area (Å²) in [5, 5.41) is 0.660. The summed E-state index contributed by atoms with van der Waals surface area (Å²) in [5.74, 6) is 1.53. The highest BCUT2D eigenvalue weighted by Crippen LogP contribution is 2.21. The predicted octanol–water partition coefficient (Wildman–Crippen LogP) is 3.11. The lowest BCUT2D eigenvalue weighted by atomic mass is 10.1. The summed E-state index contributed by atoms with van der Waals surface area (Å²) >= 11 is 5.95. The molecule has 6 nitrogen and oxygen atoms in total. The van der Waals surface area contributed by atoms with E-state index in [0.717, 1.165) is 47.7 Å². The Kier molecular flexibility index (Phi) is 5.15. The van der Waals surface area contributed by atoms with E-state index < -0.39 is 0 Å². The maximum Gasteiger partial charge on any atom is 0.255 e. The number of halogens is 1. The summed E-state index contributed by atoms with van der Waals surface area (Å²) in [5.41, 5.74) is 3.56. The minimum atomic E-state index is -0.0688. The van der Waals surface area contributed by atoms with Crippen LogP contribution in [0.25, 0.3) is 11.4 Å². The fourth-order valence-electron chi connectivity index (χ4n) is 3.39. The molecule has 0 fully saturated rings. The van der Waals surface area contributed by atoms with E-state index in [-0.39, 0.29) is 5.56 Å². The number of rotatable bonds is 4. The monoisotopic (exact) mass is 395 g/mol. The van der Waals surface area contributed by atoms with Crippen LogP contribution in [0.5, 0.6) is 0 Å². The van der Waals surface area contributed by atoms with Gasteiger partial charge in [0.25, 0.3) is 5.56 Å². The van der Waals surface area contributed by atoms with Gasteiger partial charge in [-0.25, -0.2) is 9.97 Å². The van der Waals surface area contributed by atoms with Gasteiger partial charge in [0, 0.05) is 56.9 Å². The number of anilines is 1. The topological polar surface area (TPSA) is 65.1 Å². The number of H-pyrrole nitrogens is 1. The third-order valence-electron chi connectivity index (χ3n) is 4.94. The summed E-state index contributed by atoms with van der Waals surface area (Å²) in [4.78, 5) is 29.0. The molecule has 0 radical (unpaired) electrons. The third kappa shape index (κ3) is 3.93. The minimum Gasteiger partial charge on any atom is -0.363 e. The Labute approximate surface area is 168 Å². The molecule has 28 heavy (non-hydrogen) atoms. The first kappa shape index (κ1) is 18.7. The lowest BCUT2D eigenvalue weighted by Crippen LogP contribution is -2.35. The van der Waals surface area contributed by atoms with E-state index in [0.29, 0.717) is 17.4 Å². The number of nitrogens with zero attached hydrogens (tertiary/aromatic N) is 4. The molecule has 1 aromatic carbocycles. The number of aromatic nitrogens is 3. The Morgan fingerprint density at radius 1 is 1.18 bits per heavy atom. The molecular formula is C21H22ClN5O. The van der Waals surface area contributed by atoms with Crippen molar-refractivity contribution in [3.8, 4) is 11.4 Å². The molecule has 0 saturated heterocycles. The van der Waals surface area contributed by atoms with Gasteiger partial charge in [-0.05, 0) is 35.9 Å². The highest BCUT2D eigenvalue weighted by molar-refractivity contribution is 6.30. The van der Waals surface area contributed by atoms with Gasteiger partial charge in [-0.15, -0.1) is 0 Å². The highest BCUT2D eigenvalue weighted by Gasteiger charge is 2.21. The van der Waals surface area contributed by atoms with Crippen molar-refractivity contribution in [3.05, 3.63) is 74.8 Å². The number of aromatic amines is 1.